The van der Waals surface area contributed by atoms with E-state index in [0.717, 1.165) is 50.6 Å². The molecule has 32 heavy (non-hydrogen) atoms. The maximum atomic E-state index is 12.6. The van der Waals surface area contributed by atoms with Gasteiger partial charge in [0.1, 0.15) is 12.3 Å². The summed E-state index contributed by atoms with van der Waals surface area (Å²) in [5.74, 6) is 0.598. The Balaban J connectivity index is 1.29. The first kappa shape index (κ1) is 21.9. The number of hydrogen-bond donors (Lipinski definition) is 2. The van der Waals surface area contributed by atoms with Crippen LogP contribution in [0.2, 0.25) is 0 Å². The van der Waals surface area contributed by atoms with E-state index in [2.05, 4.69) is 59.6 Å². The average molecular weight is 431 g/mol. The van der Waals surface area contributed by atoms with Gasteiger partial charge in [0.25, 0.3) is 5.91 Å². The number of piperazine rings is 1. The second-order valence-corrected chi connectivity index (χ2v) is 8.28. The molecule has 3 aromatic carbocycles. The van der Waals surface area contributed by atoms with E-state index in [-0.39, 0.29) is 5.91 Å². The topological polar surface area (TPSA) is 46.0 Å². The van der Waals surface area contributed by atoms with Gasteiger partial charge in [-0.2, -0.15) is 0 Å². The van der Waals surface area contributed by atoms with Crippen molar-refractivity contribution in [2.75, 3.05) is 43.0 Å². The van der Waals surface area contributed by atoms with Crippen LogP contribution < -0.4 is 19.9 Å². The van der Waals surface area contributed by atoms with Crippen molar-refractivity contribution in [2.24, 2.45) is 0 Å². The standard InChI is InChI=1S/C27H31N3O2/c1-2-19-32-26-10-6-9-23(20-26)27(31)28-24-11-13-25(14-12-24)30-17-15-29(16-18-30)21-22-7-4-3-5-8-22/h3-14,20H,2,15-19,21H2,1H3,(H,28,31)/p+1. The van der Waals surface area contributed by atoms with Gasteiger partial charge in [0.2, 0.25) is 0 Å². The lowest BCUT2D eigenvalue weighted by Crippen LogP contribution is -3.13. The molecule has 1 saturated heterocycles. The highest BCUT2D eigenvalue weighted by Crippen LogP contribution is 2.20. The third-order valence-electron chi connectivity index (χ3n) is 5.83. The highest BCUT2D eigenvalue weighted by Gasteiger charge is 2.20. The van der Waals surface area contributed by atoms with Crippen LogP contribution in [0.4, 0.5) is 11.4 Å². The molecule has 0 atom stereocenters. The molecule has 166 valence electrons. The lowest BCUT2D eigenvalue weighted by atomic mass is 10.1. The molecule has 0 unspecified atom stereocenters. The lowest BCUT2D eigenvalue weighted by Gasteiger charge is -2.33. The van der Waals surface area contributed by atoms with Crippen molar-refractivity contribution >= 4 is 17.3 Å². The average Bonchev–Trinajstić information content (AvgIpc) is 2.84. The fourth-order valence-electron chi connectivity index (χ4n) is 4.05. The van der Waals surface area contributed by atoms with Crippen LogP contribution >= 0.6 is 0 Å². The van der Waals surface area contributed by atoms with Crippen molar-refractivity contribution in [2.45, 2.75) is 19.9 Å². The van der Waals surface area contributed by atoms with Crippen LogP contribution in [0.5, 0.6) is 5.75 Å². The molecule has 2 N–H and O–H groups in total. The number of rotatable bonds is 8. The normalized spacial score (nSPS) is 14.2. The van der Waals surface area contributed by atoms with Crippen LogP contribution in [0.3, 0.4) is 0 Å². The van der Waals surface area contributed by atoms with E-state index in [1.807, 2.05) is 24.3 Å². The molecule has 0 spiro atoms. The zero-order valence-electron chi connectivity index (χ0n) is 18.7. The van der Waals surface area contributed by atoms with Crippen LogP contribution in [0.15, 0.2) is 78.9 Å². The molecule has 1 amide bonds. The number of ether oxygens (including phenoxy) is 1. The molecule has 3 aromatic rings. The van der Waals surface area contributed by atoms with Gasteiger partial charge in [-0.05, 0) is 48.9 Å². The first-order valence-corrected chi connectivity index (χ1v) is 11.5. The van der Waals surface area contributed by atoms with Gasteiger partial charge >= 0.3 is 0 Å². The number of nitrogens with one attached hydrogen (secondary N) is 2. The fraction of sp³-hybridized carbons (Fsp3) is 0.296. The fourth-order valence-corrected chi connectivity index (χ4v) is 4.05. The number of nitrogens with zero attached hydrogens (tertiary/aromatic N) is 1. The van der Waals surface area contributed by atoms with Gasteiger partial charge in [0, 0.05) is 22.5 Å². The van der Waals surface area contributed by atoms with E-state index in [0.29, 0.717) is 12.2 Å². The predicted molar refractivity (Wildman–Crippen MR) is 130 cm³/mol. The number of benzene rings is 3. The van der Waals surface area contributed by atoms with E-state index in [1.165, 1.54) is 11.3 Å². The molecule has 5 heteroatoms. The molecular weight excluding hydrogens is 398 g/mol. The molecule has 0 saturated carbocycles. The zero-order valence-corrected chi connectivity index (χ0v) is 18.7. The van der Waals surface area contributed by atoms with Gasteiger partial charge in [-0.25, -0.2) is 0 Å². The van der Waals surface area contributed by atoms with Crippen molar-refractivity contribution in [3.05, 3.63) is 90.0 Å². The van der Waals surface area contributed by atoms with Crippen LogP contribution in [0.25, 0.3) is 0 Å². The van der Waals surface area contributed by atoms with Crippen molar-refractivity contribution in [3.8, 4) is 5.75 Å². The van der Waals surface area contributed by atoms with Crippen LogP contribution in [-0.2, 0) is 6.54 Å². The van der Waals surface area contributed by atoms with Crippen molar-refractivity contribution < 1.29 is 14.4 Å². The number of hydrogen-bond acceptors (Lipinski definition) is 3. The SMILES string of the molecule is CCCOc1cccc(C(=O)Nc2ccc(N3CC[NH+](Cc4ccccc4)CC3)cc2)c1. The van der Waals surface area contributed by atoms with Crippen molar-refractivity contribution in [3.63, 3.8) is 0 Å². The Morgan fingerprint density at radius 1 is 0.969 bits per heavy atom. The molecule has 1 aliphatic rings. The van der Waals surface area contributed by atoms with E-state index in [1.54, 1.807) is 17.0 Å². The number of anilines is 2. The predicted octanol–water partition coefficient (Wildman–Crippen LogP) is 3.63. The maximum absolute atomic E-state index is 12.6. The Labute approximate surface area is 190 Å². The second-order valence-electron chi connectivity index (χ2n) is 8.28. The van der Waals surface area contributed by atoms with Gasteiger partial charge in [-0.15, -0.1) is 0 Å². The largest absolute Gasteiger partial charge is 0.494 e. The molecule has 0 aliphatic carbocycles. The van der Waals surface area contributed by atoms with Crippen LogP contribution in [-0.4, -0.2) is 38.7 Å². The van der Waals surface area contributed by atoms with Crippen LogP contribution in [0.1, 0.15) is 29.3 Å². The molecule has 0 bridgehead atoms. The first-order chi connectivity index (χ1) is 15.7. The highest BCUT2D eigenvalue weighted by molar-refractivity contribution is 6.04. The number of carbonyl (C=O) groups excluding carboxylic acids is 1. The molecule has 0 aromatic heterocycles. The summed E-state index contributed by atoms with van der Waals surface area (Å²) in [6.45, 7) is 8.13. The van der Waals surface area contributed by atoms with Gasteiger partial charge in [0.15, 0.2) is 0 Å². The molecular formula is C27H32N3O2+. The van der Waals surface area contributed by atoms with Crippen molar-refractivity contribution in [1.82, 2.24) is 0 Å². The van der Waals surface area contributed by atoms with Crippen molar-refractivity contribution in [1.29, 1.82) is 0 Å². The molecule has 1 heterocycles. The molecule has 1 fully saturated rings. The molecule has 5 nitrogen and oxygen atoms in total. The van der Waals surface area contributed by atoms with E-state index >= 15 is 0 Å². The summed E-state index contributed by atoms with van der Waals surface area (Å²) in [6.07, 6.45) is 0.937. The van der Waals surface area contributed by atoms with Gasteiger partial charge in [-0.3, -0.25) is 4.79 Å². The lowest BCUT2D eigenvalue weighted by molar-refractivity contribution is -0.914. The van der Waals surface area contributed by atoms with Gasteiger partial charge in [0.05, 0.1) is 32.8 Å². The number of carbonyl (C=O) groups is 1. The van der Waals surface area contributed by atoms with Gasteiger partial charge < -0.3 is 19.9 Å². The van der Waals surface area contributed by atoms with E-state index < -0.39 is 0 Å². The monoisotopic (exact) mass is 430 g/mol. The summed E-state index contributed by atoms with van der Waals surface area (Å²) >= 11 is 0. The summed E-state index contributed by atoms with van der Waals surface area (Å²) < 4.78 is 5.63. The number of quaternary nitrogens is 1. The third-order valence-corrected chi connectivity index (χ3v) is 5.83. The minimum atomic E-state index is -0.127. The Kier molecular flexibility index (Phi) is 7.41. The van der Waals surface area contributed by atoms with Gasteiger partial charge in [-0.1, -0.05) is 43.3 Å². The number of amides is 1. The first-order valence-electron chi connectivity index (χ1n) is 11.5. The Morgan fingerprint density at radius 2 is 1.72 bits per heavy atom. The minimum absolute atomic E-state index is 0.127. The summed E-state index contributed by atoms with van der Waals surface area (Å²) in [5.41, 5.74) is 4.00. The smallest absolute Gasteiger partial charge is 0.255 e. The summed E-state index contributed by atoms with van der Waals surface area (Å²) in [6, 6.07) is 26.2. The maximum Gasteiger partial charge on any atom is 0.255 e. The molecule has 1 aliphatic heterocycles. The molecule has 4 rings (SSSR count). The minimum Gasteiger partial charge on any atom is -0.494 e. The Bertz CT molecular complexity index is 997. The zero-order chi connectivity index (χ0) is 22.2. The second kappa shape index (κ2) is 10.8. The highest BCUT2D eigenvalue weighted by atomic mass is 16.5. The van der Waals surface area contributed by atoms with E-state index in [4.69, 9.17) is 4.74 Å². The third kappa shape index (κ3) is 5.89. The Morgan fingerprint density at radius 3 is 2.44 bits per heavy atom. The quantitative estimate of drug-likeness (QED) is 0.574. The summed E-state index contributed by atoms with van der Waals surface area (Å²) in [4.78, 5) is 16.7. The summed E-state index contributed by atoms with van der Waals surface area (Å²) in [7, 11) is 0. The van der Waals surface area contributed by atoms with Crippen LogP contribution in [0, 0.1) is 0 Å². The summed E-state index contributed by atoms with van der Waals surface area (Å²) in [5, 5.41) is 2.99. The Hall–Kier alpha value is -3.31. The molecule has 0 radical (unpaired) electrons. The van der Waals surface area contributed by atoms with E-state index in [9.17, 15) is 4.79 Å².